The fraction of sp³-hybridized carbons (Fsp3) is 0.111. The van der Waals surface area contributed by atoms with E-state index in [0.29, 0.717) is 11.4 Å². The highest BCUT2D eigenvalue weighted by atomic mass is 35.5. The Labute approximate surface area is 80.8 Å². The van der Waals surface area contributed by atoms with E-state index >= 15 is 0 Å². The van der Waals surface area contributed by atoms with Crippen LogP contribution in [-0.2, 0) is 6.42 Å². The highest BCUT2D eigenvalue weighted by Crippen LogP contribution is 2.15. The Morgan fingerprint density at radius 1 is 1.46 bits per heavy atom. The number of benzene rings is 1. The lowest BCUT2D eigenvalue weighted by Gasteiger charge is -1.97. The molecule has 0 radical (unpaired) electrons. The van der Waals surface area contributed by atoms with Crippen molar-refractivity contribution in [1.29, 1.82) is 0 Å². The van der Waals surface area contributed by atoms with Gasteiger partial charge in [-0.3, -0.25) is 10.1 Å². The summed E-state index contributed by atoms with van der Waals surface area (Å²) >= 11 is 5.84. The summed E-state index contributed by atoms with van der Waals surface area (Å²) in [6, 6.07) is 7.27. The highest BCUT2D eigenvalue weighted by molar-refractivity contribution is 6.31. The summed E-state index contributed by atoms with van der Waals surface area (Å²) in [7, 11) is 0. The van der Waals surface area contributed by atoms with Crippen LogP contribution in [-0.4, -0.2) is 4.92 Å². The van der Waals surface area contributed by atoms with Gasteiger partial charge in [0.15, 0.2) is 0 Å². The average molecular weight is 198 g/mol. The van der Waals surface area contributed by atoms with Crippen LogP contribution in [0.25, 0.3) is 0 Å². The number of hydrogen-bond acceptors (Lipinski definition) is 2. The van der Waals surface area contributed by atoms with Gasteiger partial charge in [0.2, 0.25) is 6.20 Å². The quantitative estimate of drug-likeness (QED) is 0.552. The molecule has 4 heteroatoms. The second-order valence-corrected chi connectivity index (χ2v) is 2.87. The minimum Gasteiger partial charge on any atom is -0.259 e. The van der Waals surface area contributed by atoms with Gasteiger partial charge < -0.3 is 0 Å². The molecule has 0 N–H and O–H groups in total. The zero-order valence-corrected chi connectivity index (χ0v) is 7.57. The normalized spacial score (nSPS) is 10.5. The third-order valence-corrected chi connectivity index (χ3v) is 1.89. The summed E-state index contributed by atoms with van der Waals surface area (Å²) < 4.78 is 0. The van der Waals surface area contributed by atoms with Gasteiger partial charge in [-0.05, 0) is 24.1 Å². The van der Waals surface area contributed by atoms with E-state index in [4.69, 9.17) is 11.6 Å². The second kappa shape index (κ2) is 4.62. The molecule has 3 nitrogen and oxygen atoms in total. The van der Waals surface area contributed by atoms with Crippen molar-refractivity contribution in [3.8, 4) is 0 Å². The van der Waals surface area contributed by atoms with Crippen LogP contribution in [0, 0.1) is 10.1 Å². The number of halogens is 1. The van der Waals surface area contributed by atoms with Crippen molar-refractivity contribution in [3.05, 3.63) is 57.2 Å². The monoisotopic (exact) mass is 197 g/mol. The van der Waals surface area contributed by atoms with Crippen molar-refractivity contribution in [2.24, 2.45) is 0 Å². The maximum Gasteiger partial charge on any atom is 0.230 e. The number of allylic oxidation sites excluding steroid dienone is 1. The van der Waals surface area contributed by atoms with E-state index in [1.165, 1.54) is 6.08 Å². The molecule has 0 aromatic heterocycles. The van der Waals surface area contributed by atoms with Crippen LogP contribution in [0.4, 0.5) is 0 Å². The van der Waals surface area contributed by atoms with Crippen molar-refractivity contribution in [2.45, 2.75) is 6.42 Å². The zero-order chi connectivity index (χ0) is 9.68. The van der Waals surface area contributed by atoms with Crippen LogP contribution in [0.2, 0.25) is 5.02 Å². The van der Waals surface area contributed by atoms with Crippen molar-refractivity contribution in [1.82, 2.24) is 0 Å². The molecule has 68 valence electrons. The van der Waals surface area contributed by atoms with Gasteiger partial charge in [0, 0.05) is 5.02 Å². The van der Waals surface area contributed by atoms with Crippen molar-refractivity contribution in [2.75, 3.05) is 0 Å². The van der Waals surface area contributed by atoms with Gasteiger partial charge in [-0.25, -0.2) is 0 Å². The van der Waals surface area contributed by atoms with Crippen LogP contribution in [0.1, 0.15) is 5.56 Å². The molecule has 1 aromatic carbocycles. The molecule has 0 unspecified atom stereocenters. The lowest BCUT2D eigenvalue weighted by atomic mass is 10.1. The number of nitrogens with zero attached hydrogens (tertiary/aromatic N) is 1. The van der Waals surface area contributed by atoms with Gasteiger partial charge in [-0.2, -0.15) is 0 Å². The molecule has 0 saturated carbocycles. The van der Waals surface area contributed by atoms with E-state index in [1.54, 1.807) is 6.07 Å². The molecule has 0 atom stereocenters. The van der Waals surface area contributed by atoms with Gasteiger partial charge >= 0.3 is 0 Å². The summed E-state index contributed by atoms with van der Waals surface area (Å²) in [5.74, 6) is 0. The third-order valence-electron chi connectivity index (χ3n) is 1.52. The molecule has 0 spiro atoms. The van der Waals surface area contributed by atoms with E-state index in [-0.39, 0.29) is 0 Å². The first kappa shape index (κ1) is 9.74. The number of nitro groups is 1. The molecule has 0 bridgehead atoms. The third kappa shape index (κ3) is 3.25. The Balaban J connectivity index is 2.64. The Bertz CT molecular complexity index is 336. The van der Waals surface area contributed by atoms with Gasteiger partial charge in [0.25, 0.3) is 0 Å². The lowest BCUT2D eigenvalue weighted by Crippen LogP contribution is -1.86. The van der Waals surface area contributed by atoms with Gasteiger partial charge in [-0.15, -0.1) is 0 Å². The first-order chi connectivity index (χ1) is 6.20. The Hall–Kier alpha value is -1.35. The second-order valence-electron chi connectivity index (χ2n) is 2.47. The largest absolute Gasteiger partial charge is 0.259 e. The SMILES string of the molecule is O=[N+]([O-])C=CCc1ccccc1Cl. The molecule has 1 rings (SSSR count). The standard InChI is InChI=1S/C9H8ClNO2/c10-9-6-2-1-4-8(9)5-3-7-11(12)13/h1-4,6-7H,5H2. The highest BCUT2D eigenvalue weighted by Gasteiger charge is 1.96. The van der Waals surface area contributed by atoms with Crippen LogP contribution >= 0.6 is 11.6 Å². The van der Waals surface area contributed by atoms with E-state index < -0.39 is 4.92 Å². The molecule has 1 aromatic rings. The van der Waals surface area contributed by atoms with Gasteiger partial charge in [0.05, 0.1) is 4.92 Å². The molecular weight excluding hydrogens is 190 g/mol. The molecule has 0 fully saturated rings. The molecule has 0 aliphatic carbocycles. The Morgan fingerprint density at radius 3 is 2.77 bits per heavy atom. The first-order valence-electron chi connectivity index (χ1n) is 3.73. The minimum absolute atomic E-state index is 0.487. The summed E-state index contributed by atoms with van der Waals surface area (Å²) in [5.41, 5.74) is 0.891. The average Bonchev–Trinajstić information content (AvgIpc) is 2.08. The Morgan fingerprint density at radius 2 is 2.15 bits per heavy atom. The van der Waals surface area contributed by atoms with Crippen LogP contribution in [0.5, 0.6) is 0 Å². The van der Waals surface area contributed by atoms with Crippen LogP contribution < -0.4 is 0 Å². The molecule has 13 heavy (non-hydrogen) atoms. The fourth-order valence-corrected chi connectivity index (χ4v) is 1.14. The summed E-state index contributed by atoms with van der Waals surface area (Å²) in [4.78, 5) is 9.47. The van der Waals surface area contributed by atoms with Crippen molar-refractivity contribution in [3.63, 3.8) is 0 Å². The fourth-order valence-electron chi connectivity index (χ4n) is 0.930. The predicted molar refractivity (Wildman–Crippen MR) is 51.3 cm³/mol. The topological polar surface area (TPSA) is 43.1 Å². The molecular formula is C9H8ClNO2. The zero-order valence-electron chi connectivity index (χ0n) is 6.81. The maximum absolute atomic E-state index is 9.96. The summed E-state index contributed by atoms with van der Waals surface area (Å²) in [5, 5.41) is 10.6. The van der Waals surface area contributed by atoms with Crippen molar-refractivity contribution >= 4 is 11.6 Å². The number of rotatable bonds is 3. The van der Waals surface area contributed by atoms with E-state index in [9.17, 15) is 10.1 Å². The molecule has 0 amide bonds. The summed E-state index contributed by atoms with van der Waals surface area (Å²) in [6.45, 7) is 0. The molecule has 0 aliphatic rings. The van der Waals surface area contributed by atoms with Gasteiger partial charge in [-0.1, -0.05) is 29.8 Å². The molecule has 0 heterocycles. The Kier molecular flexibility index (Phi) is 3.46. The maximum atomic E-state index is 9.96. The first-order valence-corrected chi connectivity index (χ1v) is 4.11. The van der Waals surface area contributed by atoms with Crippen LogP contribution in [0.3, 0.4) is 0 Å². The lowest BCUT2D eigenvalue weighted by molar-refractivity contribution is -0.402. The van der Waals surface area contributed by atoms with Crippen molar-refractivity contribution < 1.29 is 4.92 Å². The summed E-state index contributed by atoms with van der Waals surface area (Å²) in [6.07, 6.45) is 2.88. The van der Waals surface area contributed by atoms with Crippen LogP contribution in [0.15, 0.2) is 36.5 Å². The van der Waals surface area contributed by atoms with E-state index in [1.807, 2.05) is 18.2 Å². The number of hydrogen-bond donors (Lipinski definition) is 0. The minimum atomic E-state index is -0.489. The predicted octanol–water partition coefficient (Wildman–Crippen LogP) is 2.67. The smallest absolute Gasteiger partial charge is 0.230 e. The van der Waals surface area contributed by atoms with E-state index in [2.05, 4.69) is 0 Å². The van der Waals surface area contributed by atoms with Gasteiger partial charge in [0.1, 0.15) is 0 Å². The molecule has 0 aliphatic heterocycles. The molecule has 0 saturated heterocycles. The van der Waals surface area contributed by atoms with E-state index in [0.717, 1.165) is 11.8 Å².